The average Bonchev–Trinajstić information content (AvgIpc) is 2.42. The highest BCUT2D eigenvalue weighted by atomic mass is 16.5. The Kier molecular flexibility index (Phi) is 5.02. The lowest BCUT2D eigenvalue weighted by Gasteiger charge is -2.10. The van der Waals surface area contributed by atoms with Crippen molar-refractivity contribution in [1.82, 2.24) is 0 Å². The highest BCUT2D eigenvalue weighted by molar-refractivity contribution is 5.87. The zero-order chi connectivity index (χ0) is 13.4. The molecule has 4 heteroatoms. The maximum absolute atomic E-state index is 10.9. The van der Waals surface area contributed by atoms with Crippen molar-refractivity contribution in [3.8, 4) is 36.2 Å². The Hall–Kier alpha value is -2.72. The molecule has 0 spiro atoms. The first kappa shape index (κ1) is 13.3. The normalized spacial score (nSPS) is 8.78. The fraction of sp³-hybridized carbons (Fsp3) is 0.143. The van der Waals surface area contributed by atoms with Crippen molar-refractivity contribution in [2.24, 2.45) is 0 Å². The van der Waals surface area contributed by atoms with Crippen molar-refractivity contribution >= 4 is 12.6 Å². The SMILES string of the molecule is C#CCOc1cc(C=O)c(OCC#C)cc1C=O. The molecule has 0 aliphatic heterocycles. The molecule has 0 saturated carbocycles. The Labute approximate surface area is 105 Å². The van der Waals surface area contributed by atoms with Gasteiger partial charge < -0.3 is 9.47 Å². The molecule has 0 radical (unpaired) electrons. The molecule has 0 atom stereocenters. The van der Waals surface area contributed by atoms with Gasteiger partial charge in [-0.25, -0.2) is 0 Å². The highest BCUT2D eigenvalue weighted by Gasteiger charge is 2.11. The average molecular weight is 242 g/mol. The topological polar surface area (TPSA) is 52.6 Å². The number of terminal acetylenes is 2. The summed E-state index contributed by atoms with van der Waals surface area (Å²) in [5.74, 6) is 5.01. The lowest BCUT2D eigenvalue weighted by molar-refractivity contribution is 0.110. The van der Waals surface area contributed by atoms with Crippen LogP contribution in [0.4, 0.5) is 0 Å². The summed E-state index contributed by atoms with van der Waals surface area (Å²) in [5, 5.41) is 0. The second kappa shape index (κ2) is 6.78. The molecule has 1 aromatic rings. The standard InChI is InChI=1S/C14H10O4/c1-3-5-17-13-7-12(10-16)14(18-6-4-2)8-11(13)9-15/h1-2,7-10H,5-6H2. The molecule has 0 N–H and O–H groups in total. The lowest BCUT2D eigenvalue weighted by atomic mass is 10.1. The Morgan fingerprint density at radius 2 is 1.33 bits per heavy atom. The summed E-state index contributed by atoms with van der Waals surface area (Å²) >= 11 is 0. The Morgan fingerprint density at radius 3 is 1.61 bits per heavy atom. The van der Waals surface area contributed by atoms with E-state index in [4.69, 9.17) is 22.3 Å². The van der Waals surface area contributed by atoms with Crippen LogP contribution in [0.15, 0.2) is 12.1 Å². The molecule has 0 aliphatic rings. The van der Waals surface area contributed by atoms with Gasteiger partial charge in [-0.15, -0.1) is 12.8 Å². The van der Waals surface area contributed by atoms with Crippen LogP contribution in [0, 0.1) is 24.7 Å². The molecule has 0 heterocycles. The molecule has 1 rings (SSSR count). The van der Waals surface area contributed by atoms with E-state index in [2.05, 4.69) is 11.8 Å². The van der Waals surface area contributed by atoms with Crippen molar-refractivity contribution in [3.63, 3.8) is 0 Å². The summed E-state index contributed by atoms with van der Waals surface area (Å²) in [5.41, 5.74) is 0.478. The van der Waals surface area contributed by atoms with Crippen molar-refractivity contribution in [2.75, 3.05) is 13.2 Å². The van der Waals surface area contributed by atoms with Gasteiger partial charge in [0.15, 0.2) is 12.6 Å². The van der Waals surface area contributed by atoms with Gasteiger partial charge in [-0.05, 0) is 12.1 Å². The molecule has 90 valence electrons. The van der Waals surface area contributed by atoms with Crippen LogP contribution < -0.4 is 9.47 Å². The number of hydrogen-bond donors (Lipinski definition) is 0. The first-order valence-electron chi connectivity index (χ1n) is 4.97. The van der Waals surface area contributed by atoms with E-state index in [1.165, 1.54) is 12.1 Å². The Morgan fingerprint density at radius 1 is 0.944 bits per heavy atom. The fourth-order valence-corrected chi connectivity index (χ4v) is 1.26. The first-order chi connectivity index (χ1) is 8.76. The minimum absolute atomic E-state index is 0.00367. The zero-order valence-corrected chi connectivity index (χ0v) is 9.51. The van der Waals surface area contributed by atoms with Gasteiger partial charge in [0.05, 0.1) is 11.1 Å². The summed E-state index contributed by atoms with van der Waals surface area (Å²) in [6.45, 7) is 0.00733. The van der Waals surface area contributed by atoms with Crippen molar-refractivity contribution < 1.29 is 19.1 Å². The van der Waals surface area contributed by atoms with Gasteiger partial charge in [-0.1, -0.05) is 11.8 Å². The largest absolute Gasteiger partial charge is 0.480 e. The van der Waals surface area contributed by atoms with Gasteiger partial charge in [0.2, 0.25) is 0 Å². The second-order valence-corrected chi connectivity index (χ2v) is 3.15. The molecule has 18 heavy (non-hydrogen) atoms. The summed E-state index contributed by atoms with van der Waals surface area (Å²) in [6.07, 6.45) is 11.3. The highest BCUT2D eigenvalue weighted by Crippen LogP contribution is 2.27. The van der Waals surface area contributed by atoms with Gasteiger partial charge in [-0.3, -0.25) is 9.59 Å². The maximum atomic E-state index is 10.9. The van der Waals surface area contributed by atoms with E-state index in [1.54, 1.807) is 0 Å². The molecule has 1 aromatic carbocycles. The van der Waals surface area contributed by atoms with Crippen LogP contribution in [0.2, 0.25) is 0 Å². The second-order valence-electron chi connectivity index (χ2n) is 3.15. The number of hydrogen-bond acceptors (Lipinski definition) is 4. The number of rotatable bonds is 6. The summed E-state index contributed by atoms with van der Waals surface area (Å²) in [4.78, 5) is 21.8. The molecule has 0 fully saturated rings. The maximum Gasteiger partial charge on any atom is 0.153 e. The van der Waals surface area contributed by atoms with E-state index in [0.29, 0.717) is 12.6 Å². The van der Waals surface area contributed by atoms with E-state index in [0.717, 1.165) is 0 Å². The molecular formula is C14H10O4. The van der Waals surface area contributed by atoms with Gasteiger partial charge in [0.25, 0.3) is 0 Å². The number of aldehydes is 2. The van der Waals surface area contributed by atoms with Crippen LogP contribution in [0.3, 0.4) is 0 Å². The lowest BCUT2D eigenvalue weighted by Crippen LogP contribution is -2.02. The van der Waals surface area contributed by atoms with E-state index >= 15 is 0 Å². The molecule has 0 aliphatic carbocycles. The van der Waals surface area contributed by atoms with Gasteiger partial charge in [0, 0.05) is 0 Å². The van der Waals surface area contributed by atoms with Crippen molar-refractivity contribution in [3.05, 3.63) is 23.3 Å². The van der Waals surface area contributed by atoms with E-state index in [-0.39, 0.29) is 35.8 Å². The van der Waals surface area contributed by atoms with Crippen molar-refractivity contribution in [1.29, 1.82) is 0 Å². The zero-order valence-electron chi connectivity index (χ0n) is 9.51. The monoisotopic (exact) mass is 242 g/mol. The molecule has 0 bridgehead atoms. The van der Waals surface area contributed by atoms with Crippen molar-refractivity contribution in [2.45, 2.75) is 0 Å². The Bertz CT molecular complexity index is 482. The van der Waals surface area contributed by atoms with Gasteiger partial charge in [-0.2, -0.15) is 0 Å². The van der Waals surface area contributed by atoms with Crippen LogP contribution in [0.25, 0.3) is 0 Å². The first-order valence-corrected chi connectivity index (χ1v) is 4.97. The molecule has 0 unspecified atom stereocenters. The van der Waals surface area contributed by atoms with Crippen LogP contribution >= 0.6 is 0 Å². The fourth-order valence-electron chi connectivity index (χ4n) is 1.26. The number of carbonyl (C=O) groups is 2. The minimum atomic E-state index is 0.00367. The molecule has 4 nitrogen and oxygen atoms in total. The third-order valence-corrected chi connectivity index (χ3v) is 2.02. The summed E-state index contributed by atoms with van der Waals surface area (Å²) in [7, 11) is 0. The van der Waals surface area contributed by atoms with Crippen LogP contribution in [-0.2, 0) is 0 Å². The summed E-state index contributed by atoms with van der Waals surface area (Å²) in [6, 6.07) is 2.78. The minimum Gasteiger partial charge on any atom is -0.480 e. The van der Waals surface area contributed by atoms with Gasteiger partial charge >= 0.3 is 0 Å². The predicted molar refractivity (Wildman–Crippen MR) is 65.9 cm³/mol. The number of benzene rings is 1. The molecule has 0 amide bonds. The third kappa shape index (κ3) is 3.13. The van der Waals surface area contributed by atoms with Crippen LogP contribution in [0.5, 0.6) is 11.5 Å². The number of carbonyl (C=O) groups excluding carboxylic acids is 2. The summed E-state index contributed by atoms with van der Waals surface area (Å²) < 4.78 is 10.3. The third-order valence-electron chi connectivity index (χ3n) is 2.02. The van der Waals surface area contributed by atoms with Crippen LogP contribution in [-0.4, -0.2) is 25.8 Å². The predicted octanol–water partition coefficient (Wildman–Crippen LogP) is 1.34. The Balaban J connectivity index is 3.15. The van der Waals surface area contributed by atoms with Crippen LogP contribution in [0.1, 0.15) is 20.7 Å². The smallest absolute Gasteiger partial charge is 0.153 e. The van der Waals surface area contributed by atoms with E-state index < -0.39 is 0 Å². The van der Waals surface area contributed by atoms with Gasteiger partial charge in [0.1, 0.15) is 24.7 Å². The molecule has 0 aromatic heterocycles. The number of ether oxygens (including phenoxy) is 2. The van der Waals surface area contributed by atoms with E-state index in [1.807, 2.05) is 0 Å². The quantitative estimate of drug-likeness (QED) is 0.558. The molecule has 0 saturated heterocycles. The molecular weight excluding hydrogens is 232 g/mol. The van der Waals surface area contributed by atoms with E-state index in [9.17, 15) is 9.59 Å².